The Kier molecular flexibility index (Phi) is 4.25. The van der Waals surface area contributed by atoms with E-state index in [9.17, 15) is 9.18 Å². The summed E-state index contributed by atoms with van der Waals surface area (Å²) in [6, 6.07) is 13.0. The van der Waals surface area contributed by atoms with Crippen LogP contribution >= 0.6 is 11.6 Å². The number of fused-ring (bicyclic) bond motifs is 5. The molecule has 0 aliphatic carbocycles. The number of anilines is 1. The predicted octanol–water partition coefficient (Wildman–Crippen LogP) is 4.24. The minimum Gasteiger partial charge on any atom is -0.455 e. The number of para-hydroxylation sites is 1. The topological polar surface area (TPSA) is 41.6 Å². The standard InChI is InChI=1S/C19H18ClFN2O2/c20-12-7-8-17-15(10-12)23-9-3-5-14(22-18(24)11-21)19(23)13-4-1-2-6-16(13)25-17/h1-2,4,6-8,10,14,19H,3,5,9,11H2,(H,22,24)/t14-,19-/m0/s1. The molecule has 0 saturated carbocycles. The van der Waals surface area contributed by atoms with Crippen LogP contribution in [-0.2, 0) is 4.79 Å². The molecule has 1 saturated heterocycles. The summed E-state index contributed by atoms with van der Waals surface area (Å²) in [4.78, 5) is 13.9. The molecule has 0 spiro atoms. The number of carbonyl (C=O) groups is 1. The van der Waals surface area contributed by atoms with Crippen molar-refractivity contribution in [3.05, 3.63) is 53.1 Å². The average Bonchev–Trinajstić information content (AvgIpc) is 2.77. The summed E-state index contributed by atoms with van der Waals surface area (Å²) in [6.45, 7) is -0.193. The van der Waals surface area contributed by atoms with Crippen LogP contribution in [0, 0.1) is 0 Å². The fourth-order valence-corrected chi connectivity index (χ4v) is 3.95. The lowest BCUT2D eigenvalue weighted by Gasteiger charge is -2.42. The number of ether oxygens (including phenoxy) is 1. The summed E-state index contributed by atoms with van der Waals surface area (Å²) in [5.41, 5.74) is 1.88. The number of piperidine rings is 1. The number of hydrogen-bond acceptors (Lipinski definition) is 3. The zero-order valence-corrected chi connectivity index (χ0v) is 14.3. The number of amides is 1. The van der Waals surface area contributed by atoms with Crippen LogP contribution in [-0.4, -0.2) is 25.2 Å². The van der Waals surface area contributed by atoms with Crippen LogP contribution in [0.2, 0.25) is 5.02 Å². The van der Waals surface area contributed by atoms with E-state index in [0.717, 1.165) is 42.1 Å². The Hall–Kier alpha value is -2.27. The van der Waals surface area contributed by atoms with E-state index in [1.807, 2.05) is 36.4 Å². The normalized spacial score (nSPS) is 21.3. The second-order valence-corrected chi connectivity index (χ2v) is 6.78. The number of nitrogens with zero attached hydrogens (tertiary/aromatic N) is 1. The molecule has 2 aromatic rings. The highest BCUT2D eigenvalue weighted by Crippen LogP contribution is 2.48. The van der Waals surface area contributed by atoms with Crippen LogP contribution in [0.25, 0.3) is 0 Å². The number of benzene rings is 2. The van der Waals surface area contributed by atoms with Crippen molar-refractivity contribution in [3.8, 4) is 11.5 Å². The molecule has 2 aliphatic heterocycles. The summed E-state index contributed by atoms with van der Waals surface area (Å²) >= 11 is 6.21. The summed E-state index contributed by atoms with van der Waals surface area (Å²) in [5, 5.41) is 3.46. The van der Waals surface area contributed by atoms with Crippen LogP contribution in [0.4, 0.5) is 10.1 Å². The van der Waals surface area contributed by atoms with Crippen molar-refractivity contribution in [1.29, 1.82) is 0 Å². The second kappa shape index (κ2) is 6.56. The predicted molar refractivity (Wildman–Crippen MR) is 95.2 cm³/mol. The number of halogens is 2. The fourth-order valence-electron chi connectivity index (χ4n) is 3.78. The van der Waals surface area contributed by atoms with Crippen LogP contribution < -0.4 is 15.0 Å². The van der Waals surface area contributed by atoms with Crippen molar-refractivity contribution in [2.75, 3.05) is 18.1 Å². The minimum atomic E-state index is -1.01. The van der Waals surface area contributed by atoms with Crippen LogP contribution in [0.15, 0.2) is 42.5 Å². The van der Waals surface area contributed by atoms with Crippen LogP contribution in [0.1, 0.15) is 24.4 Å². The van der Waals surface area contributed by atoms with Crippen molar-refractivity contribution in [1.82, 2.24) is 5.32 Å². The van der Waals surface area contributed by atoms with Gasteiger partial charge in [0.15, 0.2) is 12.4 Å². The summed E-state index contributed by atoms with van der Waals surface area (Å²) in [5.74, 6) is 0.901. The van der Waals surface area contributed by atoms with E-state index in [1.165, 1.54) is 0 Å². The number of nitrogens with one attached hydrogen (secondary N) is 1. The maximum Gasteiger partial charge on any atom is 0.251 e. The molecule has 2 heterocycles. The average molecular weight is 361 g/mol. The number of alkyl halides is 1. The molecule has 4 rings (SSSR count). The maximum absolute atomic E-state index is 12.8. The van der Waals surface area contributed by atoms with E-state index < -0.39 is 12.6 Å². The van der Waals surface area contributed by atoms with Gasteiger partial charge in [0.2, 0.25) is 0 Å². The first kappa shape index (κ1) is 16.2. The third-order valence-corrected chi connectivity index (χ3v) is 5.02. The highest BCUT2D eigenvalue weighted by molar-refractivity contribution is 6.31. The number of rotatable bonds is 2. The SMILES string of the molecule is O=C(CF)N[C@H]1CCCN2c3cc(Cl)ccc3Oc3ccccc3[C@@H]12. The largest absolute Gasteiger partial charge is 0.455 e. The van der Waals surface area contributed by atoms with Gasteiger partial charge in [-0.3, -0.25) is 4.79 Å². The zero-order chi connectivity index (χ0) is 17.4. The lowest BCUT2D eigenvalue weighted by Crippen LogP contribution is -2.50. The number of hydrogen-bond donors (Lipinski definition) is 1. The Bertz CT molecular complexity index is 814. The third kappa shape index (κ3) is 2.93. The van der Waals surface area contributed by atoms with Gasteiger partial charge in [-0.2, -0.15) is 0 Å². The minimum absolute atomic E-state index is 0.125. The molecule has 0 aromatic heterocycles. The fraction of sp³-hybridized carbons (Fsp3) is 0.316. The molecule has 130 valence electrons. The lowest BCUT2D eigenvalue weighted by molar-refractivity contribution is -0.122. The van der Waals surface area contributed by atoms with Gasteiger partial charge >= 0.3 is 0 Å². The monoisotopic (exact) mass is 360 g/mol. The van der Waals surface area contributed by atoms with Gasteiger partial charge in [-0.05, 0) is 37.1 Å². The molecule has 1 N–H and O–H groups in total. The molecule has 6 heteroatoms. The van der Waals surface area contributed by atoms with Crippen molar-refractivity contribution >= 4 is 23.2 Å². The Balaban J connectivity index is 1.85. The molecular weight excluding hydrogens is 343 g/mol. The molecule has 0 bridgehead atoms. The number of carbonyl (C=O) groups excluding carboxylic acids is 1. The van der Waals surface area contributed by atoms with Gasteiger partial charge in [0, 0.05) is 17.1 Å². The van der Waals surface area contributed by atoms with E-state index in [4.69, 9.17) is 16.3 Å². The van der Waals surface area contributed by atoms with Gasteiger partial charge < -0.3 is 15.0 Å². The highest BCUT2D eigenvalue weighted by Gasteiger charge is 2.38. The molecule has 25 heavy (non-hydrogen) atoms. The zero-order valence-electron chi connectivity index (χ0n) is 13.5. The summed E-state index contributed by atoms with van der Waals surface area (Å²) < 4.78 is 18.9. The first-order valence-corrected chi connectivity index (χ1v) is 8.73. The van der Waals surface area contributed by atoms with Crippen molar-refractivity contribution in [3.63, 3.8) is 0 Å². The molecule has 1 fully saturated rings. The Morgan fingerprint density at radius 3 is 2.96 bits per heavy atom. The molecular formula is C19H18ClFN2O2. The van der Waals surface area contributed by atoms with Gasteiger partial charge in [0.1, 0.15) is 5.75 Å². The molecule has 4 nitrogen and oxygen atoms in total. The van der Waals surface area contributed by atoms with Crippen molar-refractivity contribution in [2.24, 2.45) is 0 Å². The first-order valence-electron chi connectivity index (χ1n) is 8.35. The Morgan fingerprint density at radius 2 is 2.12 bits per heavy atom. The second-order valence-electron chi connectivity index (χ2n) is 6.34. The first-order chi connectivity index (χ1) is 12.2. The van der Waals surface area contributed by atoms with E-state index in [1.54, 1.807) is 6.07 Å². The van der Waals surface area contributed by atoms with E-state index >= 15 is 0 Å². The van der Waals surface area contributed by atoms with Crippen molar-refractivity contribution < 1.29 is 13.9 Å². The van der Waals surface area contributed by atoms with Crippen LogP contribution in [0.5, 0.6) is 11.5 Å². The molecule has 0 unspecified atom stereocenters. The van der Waals surface area contributed by atoms with E-state index in [-0.39, 0.29) is 12.1 Å². The van der Waals surface area contributed by atoms with Gasteiger partial charge in [-0.1, -0.05) is 29.8 Å². The van der Waals surface area contributed by atoms with Gasteiger partial charge in [0.05, 0.1) is 17.8 Å². The quantitative estimate of drug-likeness (QED) is 0.870. The van der Waals surface area contributed by atoms with E-state index in [2.05, 4.69) is 10.2 Å². The molecule has 1 amide bonds. The highest BCUT2D eigenvalue weighted by atomic mass is 35.5. The summed E-state index contributed by atoms with van der Waals surface area (Å²) in [6.07, 6.45) is 1.68. The van der Waals surface area contributed by atoms with Gasteiger partial charge in [-0.15, -0.1) is 0 Å². The molecule has 2 aromatic carbocycles. The van der Waals surface area contributed by atoms with Gasteiger partial charge in [-0.25, -0.2) is 4.39 Å². The maximum atomic E-state index is 12.8. The van der Waals surface area contributed by atoms with Crippen molar-refractivity contribution in [2.45, 2.75) is 24.9 Å². The van der Waals surface area contributed by atoms with Crippen LogP contribution in [0.3, 0.4) is 0 Å². The van der Waals surface area contributed by atoms with Gasteiger partial charge in [0.25, 0.3) is 5.91 Å². The molecule has 2 aliphatic rings. The summed E-state index contributed by atoms with van der Waals surface area (Å²) in [7, 11) is 0. The van der Waals surface area contributed by atoms with E-state index in [0.29, 0.717) is 5.02 Å². The third-order valence-electron chi connectivity index (χ3n) is 4.79. The lowest BCUT2D eigenvalue weighted by atomic mass is 9.89. The Labute approximate surface area is 150 Å². The smallest absolute Gasteiger partial charge is 0.251 e. The molecule has 2 atom stereocenters. The molecule has 0 radical (unpaired) electrons. The Morgan fingerprint density at radius 1 is 1.28 bits per heavy atom.